The van der Waals surface area contributed by atoms with E-state index in [1.165, 1.54) is 34.4 Å². The molecule has 0 spiro atoms. The number of hydrogen-bond acceptors (Lipinski definition) is 6. The highest BCUT2D eigenvalue weighted by atomic mass is 32.1. The fraction of sp³-hybridized carbons (Fsp3) is 0.364. The molecule has 0 bridgehead atoms. The Hall–Kier alpha value is -2.44. The summed E-state index contributed by atoms with van der Waals surface area (Å²) in [5.41, 5.74) is 10.3. The van der Waals surface area contributed by atoms with E-state index in [2.05, 4.69) is 16.0 Å². The Balaban J connectivity index is 1.34. The van der Waals surface area contributed by atoms with E-state index >= 15 is 0 Å². The summed E-state index contributed by atoms with van der Waals surface area (Å²) in [5, 5.41) is 10.6. The lowest BCUT2D eigenvalue weighted by atomic mass is 9.97. The molecule has 2 aromatic heterocycles. The second-order valence-corrected chi connectivity index (χ2v) is 8.76. The fourth-order valence-electron chi connectivity index (χ4n) is 4.29. The molecule has 2 aliphatic rings. The normalized spacial score (nSPS) is 17.5. The van der Waals surface area contributed by atoms with Crippen molar-refractivity contribution in [1.29, 1.82) is 0 Å². The Morgan fingerprint density at radius 3 is 2.68 bits per heavy atom. The van der Waals surface area contributed by atoms with E-state index in [9.17, 15) is 5.11 Å². The molecule has 28 heavy (non-hydrogen) atoms. The van der Waals surface area contributed by atoms with Crippen LogP contribution in [0.15, 0.2) is 30.3 Å². The van der Waals surface area contributed by atoms with E-state index in [-0.39, 0.29) is 0 Å². The average molecular weight is 393 g/mol. The van der Waals surface area contributed by atoms with Crippen LogP contribution in [-0.4, -0.2) is 33.1 Å². The smallest absolute Gasteiger partial charge is 0.146 e. The predicted molar refractivity (Wildman–Crippen MR) is 114 cm³/mol. The Labute approximate surface area is 168 Å². The molecular weight excluding hydrogens is 368 g/mol. The molecule has 0 radical (unpaired) electrons. The predicted octanol–water partition coefficient (Wildman–Crippen LogP) is 4.15. The number of fused-ring (bicyclic) bond motifs is 3. The lowest BCUT2D eigenvalue weighted by molar-refractivity contribution is 0.287. The first-order chi connectivity index (χ1) is 13.7. The van der Waals surface area contributed by atoms with Crippen LogP contribution in [0.2, 0.25) is 0 Å². The summed E-state index contributed by atoms with van der Waals surface area (Å²) >= 11 is 1.81. The van der Waals surface area contributed by atoms with Gasteiger partial charge in [-0.05, 0) is 60.9 Å². The van der Waals surface area contributed by atoms with Crippen LogP contribution in [0.4, 0.5) is 5.82 Å². The van der Waals surface area contributed by atoms with E-state index in [4.69, 9.17) is 10.7 Å². The van der Waals surface area contributed by atoms with Crippen molar-refractivity contribution >= 4 is 32.9 Å². The number of anilines is 1. The van der Waals surface area contributed by atoms with Crippen LogP contribution in [0.5, 0.6) is 5.75 Å². The largest absolute Gasteiger partial charge is 0.508 e. The molecule has 0 amide bonds. The van der Waals surface area contributed by atoms with Crippen LogP contribution in [0, 0.1) is 0 Å². The van der Waals surface area contributed by atoms with Crippen LogP contribution in [-0.2, 0) is 19.4 Å². The van der Waals surface area contributed by atoms with Crippen LogP contribution < -0.4 is 5.73 Å². The van der Waals surface area contributed by atoms with Crippen LogP contribution in [0.3, 0.4) is 0 Å². The molecule has 1 aliphatic heterocycles. The number of phenolic OH excluding ortho intramolecular Hbond substituents is 1. The SMILES string of the molecule is Nc1nc(CN2CC=C(c3ccc(O)cc3)CC2)nc2sc3c(c12)CCCC3. The molecule has 3 aromatic rings. The minimum absolute atomic E-state index is 0.308. The molecule has 0 atom stereocenters. The Kier molecular flexibility index (Phi) is 4.53. The van der Waals surface area contributed by atoms with Crippen LogP contribution in [0.1, 0.15) is 41.1 Å². The maximum absolute atomic E-state index is 9.46. The first-order valence-corrected chi connectivity index (χ1v) is 10.8. The molecule has 5 rings (SSSR count). The van der Waals surface area contributed by atoms with Gasteiger partial charge in [0.05, 0.1) is 11.9 Å². The molecule has 144 valence electrons. The highest BCUT2D eigenvalue weighted by molar-refractivity contribution is 7.19. The first kappa shape index (κ1) is 17.6. The summed E-state index contributed by atoms with van der Waals surface area (Å²) in [7, 11) is 0. The Morgan fingerprint density at radius 2 is 1.89 bits per heavy atom. The summed E-state index contributed by atoms with van der Waals surface area (Å²) in [5.74, 6) is 1.78. The van der Waals surface area contributed by atoms with Gasteiger partial charge >= 0.3 is 0 Å². The number of benzene rings is 1. The quantitative estimate of drug-likeness (QED) is 0.700. The molecule has 0 saturated carbocycles. The second-order valence-electron chi connectivity index (χ2n) is 7.68. The number of nitrogens with two attached hydrogens (primary N) is 1. The third kappa shape index (κ3) is 3.27. The summed E-state index contributed by atoms with van der Waals surface area (Å²) in [6.07, 6.45) is 8.02. The van der Waals surface area contributed by atoms with Gasteiger partial charge in [-0.1, -0.05) is 18.2 Å². The van der Waals surface area contributed by atoms with Crippen molar-refractivity contribution < 1.29 is 5.11 Å². The van der Waals surface area contributed by atoms with Gasteiger partial charge < -0.3 is 10.8 Å². The van der Waals surface area contributed by atoms with Crippen molar-refractivity contribution in [1.82, 2.24) is 14.9 Å². The summed E-state index contributed by atoms with van der Waals surface area (Å²) < 4.78 is 0. The monoisotopic (exact) mass is 392 g/mol. The Morgan fingerprint density at radius 1 is 1.07 bits per heavy atom. The van der Waals surface area contributed by atoms with Crippen molar-refractivity contribution in [3.63, 3.8) is 0 Å². The number of rotatable bonds is 3. The number of aryl methyl sites for hydroxylation is 2. The topological polar surface area (TPSA) is 75.3 Å². The maximum atomic E-state index is 9.46. The van der Waals surface area contributed by atoms with Crippen molar-refractivity contribution in [2.24, 2.45) is 0 Å². The second kappa shape index (κ2) is 7.18. The standard InChI is InChI=1S/C22H24N4OS/c23-21-20-17-3-1-2-4-18(17)28-22(20)25-19(24-21)13-26-11-9-15(10-12-26)14-5-7-16(27)8-6-14/h5-9,27H,1-4,10-13H2,(H2,23,24,25). The van der Waals surface area contributed by atoms with Crippen LogP contribution >= 0.6 is 11.3 Å². The van der Waals surface area contributed by atoms with Gasteiger partial charge in [0, 0.05) is 18.0 Å². The number of nitrogen functional groups attached to an aromatic ring is 1. The highest BCUT2D eigenvalue weighted by Gasteiger charge is 2.21. The van der Waals surface area contributed by atoms with Gasteiger partial charge in [-0.3, -0.25) is 4.90 Å². The van der Waals surface area contributed by atoms with E-state index in [1.807, 2.05) is 12.1 Å². The van der Waals surface area contributed by atoms with Gasteiger partial charge in [0.25, 0.3) is 0 Å². The number of aromatic hydroxyl groups is 1. The molecule has 1 aliphatic carbocycles. The molecule has 1 aromatic carbocycles. The first-order valence-electron chi connectivity index (χ1n) is 9.95. The molecule has 6 heteroatoms. The van der Waals surface area contributed by atoms with Gasteiger partial charge in [0.15, 0.2) is 0 Å². The van der Waals surface area contributed by atoms with E-state index in [1.54, 1.807) is 23.5 Å². The lowest BCUT2D eigenvalue weighted by Crippen LogP contribution is -2.29. The van der Waals surface area contributed by atoms with Gasteiger partial charge in [-0.15, -0.1) is 11.3 Å². The molecule has 3 N–H and O–H groups in total. The van der Waals surface area contributed by atoms with Gasteiger partial charge in [0.1, 0.15) is 22.2 Å². The lowest BCUT2D eigenvalue weighted by Gasteiger charge is -2.25. The van der Waals surface area contributed by atoms with Crippen LogP contribution in [0.25, 0.3) is 15.8 Å². The van der Waals surface area contributed by atoms with E-state index < -0.39 is 0 Å². The molecule has 3 heterocycles. The van der Waals surface area contributed by atoms with Crippen molar-refractivity contribution in [3.05, 3.63) is 52.2 Å². The van der Waals surface area contributed by atoms with E-state index in [0.29, 0.717) is 11.6 Å². The number of thiophene rings is 1. The van der Waals surface area contributed by atoms with Crippen molar-refractivity contribution in [3.8, 4) is 5.75 Å². The van der Waals surface area contributed by atoms with Crippen molar-refractivity contribution in [2.45, 2.75) is 38.6 Å². The highest BCUT2D eigenvalue weighted by Crippen LogP contribution is 2.37. The zero-order valence-electron chi connectivity index (χ0n) is 15.8. The van der Waals surface area contributed by atoms with Gasteiger partial charge in [0.2, 0.25) is 0 Å². The third-order valence-electron chi connectivity index (χ3n) is 5.79. The average Bonchev–Trinajstić information content (AvgIpc) is 3.08. The molecule has 0 saturated heterocycles. The minimum atomic E-state index is 0.308. The zero-order chi connectivity index (χ0) is 19.1. The Bertz CT molecular complexity index is 1050. The molecule has 0 unspecified atom stereocenters. The summed E-state index contributed by atoms with van der Waals surface area (Å²) in [6, 6.07) is 7.45. The van der Waals surface area contributed by atoms with E-state index in [0.717, 1.165) is 54.9 Å². The van der Waals surface area contributed by atoms with Crippen molar-refractivity contribution in [2.75, 3.05) is 18.8 Å². The number of aromatic nitrogens is 2. The molecule has 5 nitrogen and oxygen atoms in total. The summed E-state index contributed by atoms with van der Waals surface area (Å²) in [6.45, 7) is 2.56. The van der Waals surface area contributed by atoms with Gasteiger partial charge in [-0.25, -0.2) is 9.97 Å². The maximum Gasteiger partial charge on any atom is 0.146 e. The minimum Gasteiger partial charge on any atom is -0.508 e. The molecular formula is C22H24N4OS. The third-order valence-corrected chi connectivity index (χ3v) is 6.97. The fourth-order valence-corrected chi connectivity index (χ4v) is 5.58. The molecule has 0 fully saturated rings. The zero-order valence-corrected chi connectivity index (χ0v) is 16.6. The number of nitrogens with zero attached hydrogens (tertiary/aromatic N) is 3. The summed E-state index contributed by atoms with van der Waals surface area (Å²) in [4.78, 5) is 14.4. The van der Waals surface area contributed by atoms with Gasteiger partial charge in [-0.2, -0.15) is 0 Å². The number of hydrogen-bond donors (Lipinski definition) is 2. The number of phenols is 1.